The average molecular weight is 370 g/mol. The van der Waals surface area contributed by atoms with Gasteiger partial charge in [0, 0.05) is 37.2 Å². The number of hydrogen-bond donors (Lipinski definition) is 0. The maximum atomic E-state index is 5.35. The first kappa shape index (κ1) is 16.4. The molecule has 0 spiro atoms. The molecule has 0 fully saturated rings. The normalized spacial score (nSPS) is 11.4. The highest BCUT2D eigenvalue weighted by Crippen LogP contribution is 2.23. The van der Waals surface area contributed by atoms with Gasteiger partial charge in [0.15, 0.2) is 11.6 Å². The Labute approximate surface area is 161 Å². The lowest BCUT2D eigenvalue weighted by Crippen LogP contribution is -2.03. The van der Waals surface area contributed by atoms with Crippen molar-refractivity contribution >= 4 is 10.9 Å². The summed E-state index contributed by atoms with van der Waals surface area (Å²) in [4.78, 5) is 13.3. The van der Waals surface area contributed by atoms with E-state index in [4.69, 9.17) is 9.52 Å². The fourth-order valence-corrected chi connectivity index (χ4v) is 3.40. The lowest BCUT2D eigenvalue weighted by molar-refractivity contribution is 0.577. The number of aryl methyl sites for hydroxylation is 2. The molecular weight excluding hydrogens is 352 g/mol. The molecule has 0 saturated heterocycles. The topological polar surface area (TPSA) is 74.6 Å². The van der Waals surface area contributed by atoms with Gasteiger partial charge in [-0.25, -0.2) is 15.0 Å². The van der Waals surface area contributed by atoms with Gasteiger partial charge in [-0.15, -0.1) is 0 Å². The van der Waals surface area contributed by atoms with Crippen molar-refractivity contribution < 1.29 is 4.42 Å². The molecular formula is C21H18N6O. The van der Waals surface area contributed by atoms with Crippen molar-refractivity contribution in [1.82, 2.24) is 29.3 Å². The Morgan fingerprint density at radius 3 is 2.71 bits per heavy atom. The second kappa shape index (κ2) is 6.45. The largest absolute Gasteiger partial charge is 0.461 e. The first-order chi connectivity index (χ1) is 13.7. The van der Waals surface area contributed by atoms with Crippen molar-refractivity contribution in [3.63, 3.8) is 0 Å². The van der Waals surface area contributed by atoms with Crippen LogP contribution in [0.5, 0.6) is 0 Å². The predicted molar refractivity (Wildman–Crippen MR) is 106 cm³/mol. The molecule has 5 rings (SSSR count). The Kier molecular flexibility index (Phi) is 3.79. The smallest absolute Gasteiger partial charge is 0.195 e. The first-order valence-corrected chi connectivity index (χ1v) is 8.99. The van der Waals surface area contributed by atoms with Gasteiger partial charge in [0.05, 0.1) is 29.6 Å². The lowest BCUT2D eigenvalue weighted by Gasteiger charge is -2.07. The molecule has 0 unspecified atom stereocenters. The van der Waals surface area contributed by atoms with Crippen molar-refractivity contribution in [3.8, 4) is 23.0 Å². The number of aromatic nitrogens is 6. The van der Waals surface area contributed by atoms with Gasteiger partial charge in [-0.3, -0.25) is 4.68 Å². The summed E-state index contributed by atoms with van der Waals surface area (Å²) in [5, 5.41) is 5.87. The van der Waals surface area contributed by atoms with E-state index in [0.29, 0.717) is 18.1 Å². The summed E-state index contributed by atoms with van der Waals surface area (Å²) < 4.78 is 9.33. The van der Waals surface area contributed by atoms with E-state index < -0.39 is 0 Å². The van der Waals surface area contributed by atoms with Crippen LogP contribution in [0.25, 0.3) is 33.9 Å². The fraction of sp³-hybridized carbons (Fsp3) is 0.143. The first-order valence-electron chi connectivity index (χ1n) is 8.99. The highest BCUT2D eigenvalue weighted by Gasteiger charge is 2.13. The van der Waals surface area contributed by atoms with Gasteiger partial charge in [0.25, 0.3) is 0 Å². The summed E-state index contributed by atoms with van der Waals surface area (Å²) >= 11 is 0. The number of rotatable bonds is 4. The second-order valence-electron chi connectivity index (χ2n) is 6.74. The zero-order chi connectivity index (χ0) is 19.1. The van der Waals surface area contributed by atoms with Crippen LogP contribution in [0.4, 0.5) is 0 Å². The van der Waals surface area contributed by atoms with E-state index >= 15 is 0 Å². The van der Waals surface area contributed by atoms with Crippen molar-refractivity contribution in [2.24, 2.45) is 7.05 Å². The molecule has 1 aromatic carbocycles. The fourth-order valence-electron chi connectivity index (χ4n) is 3.40. The molecule has 0 radical (unpaired) electrons. The van der Waals surface area contributed by atoms with Crippen molar-refractivity contribution in [3.05, 3.63) is 72.6 Å². The predicted octanol–water partition coefficient (Wildman–Crippen LogP) is 3.84. The minimum atomic E-state index is 0.554. The van der Waals surface area contributed by atoms with E-state index in [-0.39, 0.29) is 0 Å². The molecule has 5 aromatic rings. The van der Waals surface area contributed by atoms with E-state index in [1.165, 1.54) is 5.56 Å². The molecule has 4 heterocycles. The van der Waals surface area contributed by atoms with E-state index in [9.17, 15) is 0 Å². The quantitative estimate of drug-likeness (QED) is 0.480. The van der Waals surface area contributed by atoms with Gasteiger partial charge < -0.3 is 8.98 Å². The second-order valence-corrected chi connectivity index (χ2v) is 6.74. The monoisotopic (exact) mass is 370 g/mol. The zero-order valence-electron chi connectivity index (χ0n) is 15.6. The Hall–Kier alpha value is -3.74. The van der Waals surface area contributed by atoms with E-state index in [1.54, 1.807) is 24.9 Å². The summed E-state index contributed by atoms with van der Waals surface area (Å²) in [5.41, 5.74) is 4.19. The van der Waals surface area contributed by atoms with E-state index in [2.05, 4.69) is 44.6 Å². The van der Waals surface area contributed by atoms with Gasteiger partial charge in [-0.1, -0.05) is 11.6 Å². The summed E-state index contributed by atoms with van der Waals surface area (Å²) in [6.07, 6.45) is 8.88. The summed E-state index contributed by atoms with van der Waals surface area (Å²) in [6, 6.07) is 10.0. The van der Waals surface area contributed by atoms with Crippen LogP contribution in [0.3, 0.4) is 0 Å². The molecule has 0 saturated carbocycles. The number of imidazole rings is 1. The minimum Gasteiger partial charge on any atom is -0.461 e. The molecule has 4 aromatic heterocycles. The highest BCUT2D eigenvalue weighted by atomic mass is 16.3. The van der Waals surface area contributed by atoms with Gasteiger partial charge in [0.1, 0.15) is 5.82 Å². The van der Waals surface area contributed by atoms with Crippen molar-refractivity contribution in [2.45, 2.75) is 13.5 Å². The third-order valence-corrected chi connectivity index (χ3v) is 4.77. The van der Waals surface area contributed by atoms with Gasteiger partial charge in [-0.05, 0) is 31.2 Å². The molecule has 0 N–H and O–H groups in total. The molecule has 0 aliphatic rings. The maximum Gasteiger partial charge on any atom is 0.195 e. The molecule has 0 atom stereocenters. The van der Waals surface area contributed by atoms with Crippen LogP contribution in [0.1, 0.15) is 11.3 Å². The zero-order valence-corrected chi connectivity index (χ0v) is 15.6. The Balaban J connectivity index is 1.50. The van der Waals surface area contributed by atoms with E-state index in [1.807, 2.05) is 30.1 Å². The van der Waals surface area contributed by atoms with Gasteiger partial charge >= 0.3 is 0 Å². The van der Waals surface area contributed by atoms with Crippen molar-refractivity contribution in [2.75, 3.05) is 0 Å². The number of furan rings is 1. The van der Waals surface area contributed by atoms with Gasteiger partial charge in [0.2, 0.25) is 0 Å². The SMILES string of the molecule is Cc1ccc2c(c1)c(Cn1ccnc1-c1cnc(-c3ccco3)nc1)nn2C. The summed E-state index contributed by atoms with van der Waals surface area (Å²) in [6.45, 7) is 2.72. The Morgan fingerprint density at radius 2 is 1.93 bits per heavy atom. The minimum absolute atomic E-state index is 0.554. The van der Waals surface area contributed by atoms with Crippen LogP contribution >= 0.6 is 0 Å². The third kappa shape index (κ3) is 2.77. The number of nitrogens with zero attached hydrogens (tertiary/aromatic N) is 6. The van der Waals surface area contributed by atoms with Gasteiger partial charge in [-0.2, -0.15) is 5.10 Å². The molecule has 7 nitrogen and oxygen atoms in total. The van der Waals surface area contributed by atoms with Crippen LogP contribution in [0, 0.1) is 6.92 Å². The van der Waals surface area contributed by atoms with Crippen LogP contribution in [-0.4, -0.2) is 29.3 Å². The molecule has 0 aliphatic carbocycles. The number of fused-ring (bicyclic) bond motifs is 1. The molecule has 28 heavy (non-hydrogen) atoms. The average Bonchev–Trinajstić information content (AvgIpc) is 3.44. The molecule has 0 amide bonds. The summed E-state index contributed by atoms with van der Waals surface area (Å²) in [5.74, 6) is 2.00. The number of benzene rings is 1. The maximum absolute atomic E-state index is 5.35. The Bertz CT molecular complexity index is 1250. The third-order valence-electron chi connectivity index (χ3n) is 4.77. The number of hydrogen-bond acceptors (Lipinski definition) is 5. The van der Waals surface area contributed by atoms with E-state index in [0.717, 1.165) is 28.0 Å². The van der Waals surface area contributed by atoms with Crippen molar-refractivity contribution in [1.29, 1.82) is 0 Å². The molecule has 0 aliphatic heterocycles. The standard InChI is InChI=1S/C21H18N6O/c1-14-5-6-18-16(10-14)17(25-26(18)2)13-27-8-7-22-21(27)15-11-23-20(24-12-15)19-4-3-9-28-19/h3-12H,13H2,1-2H3. The highest BCUT2D eigenvalue weighted by molar-refractivity contribution is 5.82. The van der Waals surface area contributed by atoms with Crippen LogP contribution in [0.2, 0.25) is 0 Å². The molecule has 138 valence electrons. The molecule has 0 bridgehead atoms. The molecule has 7 heteroatoms. The van der Waals surface area contributed by atoms with Crippen LogP contribution in [0.15, 0.2) is 65.8 Å². The van der Waals surface area contributed by atoms with Crippen LogP contribution in [-0.2, 0) is 13.6 Å². The van der Waals surface area contributed by atoms with Crippen LogP contribution < -0.4 is 0 Å². The summed E-state index contributed by atoms with van der Waals surface area (Å²) in [7, 11) is 1.97. The Morgan fingerprint density at radius 1 is 1.07 bits per heavy atom. The lowest BCUT2D eigenvalue weighted by atomic mass is 10.1.